The lowest BCUT2D eigenvalue weighted by molar-refractivity contribution is -0.385. The Morgan fingerprint density at radius 2 is 2.29 bits per heavy atom. The van der Waals surface area contributed by atoms with Gasteiger partial charge < -0.3 is 0 Å². The van der Waals surface area contributed by atoms with Crippen molar-refractivity contribution in [2.45, 2.75) is 0 Å². The molecule has 0 aromatic heterocycles. The molecule has 0 fully saturated rings. The SMILES string of the molecule is N#C/C=C/c1ccc([N+](=O)[O-])cc1F. The maximum absolute atomic E-state index is 13.1. The van der Waals surface area contributed by atoms with Crippen LogP contribution < -0.4 is 0 Å². The van der Waals surface area contributed by atoms with Gasteiger partial charge in [-0.2, -0.15) is 5.26 Å². The number of hydrogen-bond acceptors (Lipinski definition) is 3. The number of nitro groups is 1. The van der Waals surface area contributed by atoms with Crippen molar-refractivity contribution in [3.8, 4) is 6.07 Å². The molecule has 0 unspecified atom stereocenters. The smallest absolute Gasteiger partial charge is 0.258 e. The van der Waals surface area contributed by atoms with Gasteiger partial charge >= 0.3 is 0 Å². The van der Waals surface area contributed by atoms with Crippen LogP contribution in [-0.2, 0) is 0 Å². The molecule has 0 aliphatic rings. The van der Waals surface area contributed by atoms with E-state index in [9.17, 15) is 14.5 Å². The molecule has 0 saturated carbocycles. The Kier molecular flexibility index (Phi) is 2.92. The normalized spacial score (nSPS) is 10.0. The fraction of sp³-hybridized carbons (Fsp3) is 0. The molecule has 1 aromatic rings. The van der Waals surface area contributed by atoms with E-state index in [4.69, 9.17) is 5.26 Å². The summed E-state index contributed by atoms with van der Waals surface area (Å²) in [5.74, 6) is -0.717. The average Bonchev–Trinajstić information content (AvgIpc) is 2.15. The summed E-state index contributed by atoms with van der Waals surface area (Å²) in [6.07, 6.45) is 2.35. The molecule has 14 heavy (non-hydrogen) atoms. The fourth-order valence-electron chi connectivity index (χ4n) is 0.892. The van der Waals surface area contributed by atoms with Crippen LogP contribution in [0.25, 0.3) is 6.08 Å². The number of nitriles is 1. The van der Waals surface area contributed by atoms with Gasteiger partial charge in [-0.25, -0.2) is 4.39 Å². The van der Waals surface area contributed by atoms with Crippen LogP contribution in [0.15, 0.2) is 24.3 Å². The Morgan fingerprint density at radius 3 is 2.79 bits per heavy atom. The summed E-state index contributed by atoms with van der Waals surface area (Å²) in [5.41, 5.74) is -0.159. The molecular formula is C9H5FN2O2. The molecule has 0 N–H and O–H groups in total. The molecule has 4 nitrogen and oxygen atoms in total. The third-order valence-electron chi connectivity index (χ3n) is 1.53. The second-order valence-electron chi connectivity index (χ2n) is 2.43. The van der Waals surface area contributed by atoms with Crippen LogP contribution in [0.2, 0.25) is 0 Å². The van der Waals surface area contributed by atoms with Crippen LogP contribution in [0.1, 0.15) is 5.56 Å². The molecule has 0 aliphatic heterocycles. The van der Waals surface area contributed by atoms with Crippen LogP contribution in [0.5, 0.6) is 0 Å². The summed E-state index contributed by atoms with van der Waals surface area (Å²) in [6.45, 7) is 0. The zero-order chi connectivity index (χ0) is 10.6. The van der Waals surface area contributed by atoms with Gasteiger partial charge in [-0.3, -0.25) is 10.1 Å². The highest BCUT2D eigenvalue weighted by Crippen LogP contribution is 2.17. The van der Waals surface area contributed by atoms with Gasteiger partial charge in [0.05, 0.1) is 17.1 Å². The highest BCUT2D eigenvalue weighted by molar-refractivity contribution is 5.54. The maximum Gasteiger partial charge on any atom is 0.272 e. The highest BCUT2D eigenvalue weighted by atomic mass is 19.1. The molecule has 0 atom stereocenters. The molecule has 0 heterocycles. The number of non-ortho nitro benzene ring substituents is 1. The van der Waals surface area contributed by atoms with E-state index in [1.807, 2.05) is 0 Å². The lowest BCUT2D eigenvalue weighted by Gasteiger charge is -1.95. The van der Waals surface area contributed by atoms with Crippen molar-refractivity contribution in [1.82, 2.24) is 0 Å². The second-order valence-corrected chi connectivity index (χ2v) is 2.43. The third kappa shape index (κ3) is 2.14. The van der Waals surface area contributed by atoms with Crippen LogP contribution in [-0.4, -0.2) is 4.92 Å². The predicted octanol–water partition coefficient (Wildman–Crippen LogP) is 2.27. The number of nitro benzene ring substituents is 1. The molecule has 0 spiro atoms. The first-order valence-electron chi connectivity index (χ1n) is 3.65. The van der Waals surface area contributed by atoms with Gasteiger partial charge in [0.15, 0.2) is 0 Å². The zero-order valence-corrected chi connectivity index (χ0v) is 6.98. The molecule has 1 aromatic carbocycles. The Labute approximate surface area is 79.0 Å². The van der Waals surface area contributed by atoms with E-state index >= 15 is 0 Å². The average molecular weight is 192 g/mol. The van der Waals surface area contributed by atoms with Gasteiger partial charge in [-0.05, 0) is 12.1 Å². The summed E-state index contributed by atoms with van der Waals surface area (Å²) in [6, 6.07) is 4.95. The van der Waals surface area contributed by atoms with E-state index in [2.05, 4.69) is 0 Å². The zero-order valence-electron chi connectivity index (χ0n) is 6.98. The highest BCUT2D eigenvalue weighted by Gasteiger charge is 2.08. The Morgan fingerprint density at radius 1 is 1.57 bits per heavy atom. The van der Waals surface area contributed by atoms with Crippen molar-refractivity contribution in [1.29, 1.82) is 5.26 Å². The molecule has 0 aliphatic carbocycles. The first-order chi connectivity index (χ1) is 6.65. The number of allylic oxidation sites excluding steroid dienone is 1. The molecule has 1 rings (SSSR count). The fourth-order valence-corrected chi connectivity index (χ4v) is 0.892. The largest absolute Gasteiger partial charge is 0.272 e. The van der Waals surface area contributed by atoms with Crippen molar-refractivity contribution in [2.24, 2.45) is 0 Å². The number of halogens is 1. The lowest BCUT2D eigenvalue weighted by atomic mass is 10.2. The maximum atomic E-state index is 13.1. The predicted molar refractivity (Wildman–Crippen MR) is 47.7 cm³/mol. The number of benzene rings is 1. The Balaban J connectivity index is 3.09. The summed E-state index contributed by atoms with van der Waals surface area (Å²) >= 11 is 0. The first-order valence-corrected chi connectivity index (χ1v) is 3.65. The minimum absolute atomic E-state index is 0.150. The third-order valence-corrected chi connectivity index (χ3v) is 1.53. The summed E-state index contributed by atoms with van der Waals surface area (Å²) in [5, 5.41) is 18.4. The Hall–Kier alpha value is -2.22. The number of nitrogens with zero attached hydrogens (tertiary/aromatic N) is 2. The van der Waals surface area contributed by atoms with E-state index in [1.165, 1.54) is 18.2 Å². The molecule has 5 heteroatoms. The monoisotopic (exact) mass is 192 g/mol. The van der Waals surface area contributed by atoms with Crippen molar-refractivity contribution >= 4 is 11.8 Å². The summed E-state index contributed by atoms with van der Waals surface area (Å²) < 4.78 is 13.1. The standard InChI is InChI=1S/C9H5FN2O2/c10-9-6-8(12(13)14)4-3-7(9)2-1-5-11/h1-4,6H/b2-1+. The number of rotatable bonds is 2. The van der Waals surface area contributed by atoms with Crippen molar-refractivity contribution in [3.63, 3.8) is 0 Å². The topological polar surface area (TPSA) is 66.9 Å². The van der Waals surface area contributed by atoms with E-state index in [1.54, 1.807) is 6.07 Å². The molecule has 0 amide bonds. The van der Waals surface area contributed by atoms with E-state index in [-0.39, 0.29) is 11.3 Å². The quantitative estimate of drug-likeness (QED) is 0.410. The van der Waals surface area contributed by atoms with Crippen molar-refractivity contribution in [2.75, 3.05) is 0 Å². The van der Waals surface area contributed by atoms with Crippen LogP contribution in [0, 0.1) is 27.3 Å². The minimum Gasteiger partial charge on any atom is -0.258 e. The van der Waals surface area contributed by atoms with Crippen LogP contribution in [0.3, 0.4) is 0 Å². The molecule has 0 saturated heterocycles. The van der Waals surface area contributed by atoms with Gasteiger partial charge in [-0.15, -0.1) is 0 Å². The van der Waals surface area contributed by atoms with E-state index < -0.39 is 10.7 Å². The summed E-state index contributed by atoms with van der Waals surface area (Å²) in [4.78, 5) is 9.57. The number of hydrogen-bond donors (Lipinski definition) is 0. The van der Waals surface area contributed by atoms with Crippen LogP contribution in [0.4, 0.5) is 10.1 Å². The van der Waals surface area contributed by atoms with Crippen LogP contribution >= 0.6 is 0 Å². The molecule has 70 valence electrons. The van der Waals surface area contributed by atoms with Gasteiger partial charge in [0.2, 0.25) is 0 Å². The van der Waals surface area contributed by atoms with E-state index in [0.717, 1.165) is 12.1 Å². The van der Waals surface area contributed by atoms with Gasteiger partial charge in [0, 0.05) is 17.7 Å². The second kappa shape index (κ2) is 4.14. The minimum atomic E-state index is -0.717. The van der Waals surface area contributed by atoms with Gasteiger partial charge in [0.25, 0.3) is 5.69 Å². The summed E-state index contributed by atoms with van der Waals surface area (Å²) in [7, 11) is 0. The van der Waals surface area contributed by atoms with Crippen molar-refractivity contribution < 1.29 is 9.31 Å². The van der Waals surface area contributed by atoms with Crippen molar-refractivity contribution in [3.05, 3.63) is 45.8 Å². The molecule has 0 bridgehead atoms. The first kappa shape index (κ1) is 9.86. The van der Waals surface area contributed by atoms with Gasteiger partial charge in [0.1, 0.15) is 5.82 Å². The Bertz CT molecular complexity index is 435. The van der Waals surface area contributed by atoms with Gasteiger partial charge in [-0.1, -0.05) is 0 Å². The van der Waals surface area contributed by atoms with E-state index in [0.29, 0.717) is 0 Å². The molecule has 0 radical (unpaired) electrons. The molecular weight excluding hydrogens is 187 g/mol. The lowest BCUT2D eigenvalue weighted by Crippen LogP contribution is -1.90.